The van der Waals surface area contributed by atoms with Crippen molar-refractivity contribution >= 4 is 8.07 Å². The Labute approximate surface area is 134 Å². The van der Waals surface area contributed by atoms with E-state index in [1.807, 2.05) is 0 Å². The summed E-state index contributed by atoms with van der Waals surface area (Å²) < 4.78 is 0. The van der Waals surface area contributed by atoms with Crippen molar-refractivity contribution in [1.29, 1.82) is 0 Å². The second-order valence-electron chi connectivity index (χ2n) is 7.10. The Morgan fingerprint density at radius 3 is 2.27 bits per heavy atom. The third-order valence-electron chi connectivity index (χ3n) is 5.43. The van der Waals surface area contributed by atoms with Crippen molar-refractivity contribution < 1.29 is 0 Å². The molecule has 0 saturated carbocycles. The van der Waals surface area contributed by atoms with E-state index < -0.39 is 8.07 Å². The molecule has 0 bridgehead atoms. The molecular formula is C21H22Si. The Morgan fingerprint density at radius 2 is 1.50 bits per heavy atom. The predicted molar refractivity (Wildman–Crippen MR) is 98.0 cm³/mol. The smallest absolute Gasteiger partial charge is 0.0733 e. The largest absolute Gasteiger partial charge is 0.105 e. The normalized spacial score (nSPS) is 28.6. The van der Waals surface area contributed by atoms with Gasteiger partial charge in [0, 0.05) is 11.8 Å². The van der Waals surface area contributed by atoms with Crippen LogP contribution in [0.3, 0.4) is 0 Å². The summed E-state index contributed by atoms with van der Waals surface area (Å²) in [6.07, 6.45) is 25.2. The summed E-state index contributed by atoms with van der Waals surface area (Å²) in [5.74, 6) is 1.03. The number of rotatable bonds is 2. The monoisotopic (exact) mass is 302 g/mol. The van der Waals surface area contributed by atoms with Gasteiger partial charge in [-0.2, -0.15) is 0 Å². The summed E-state index contributed by atoms with van der Waals surface area (Å²) in [6.45, 7) is 7.37. The molecule has 0 spiro atoms. The summed E-state index contributed by atoms with van der Waals surface area (Å²) in [4.78, 5) is 0. The zero-order valence-corrected chi connectivity index (χ0v) is 14.5. The highest BCUT2D eigenvalue weighted by Gasteiger charge is 2.42. The number of fused-ring (bicyclic) bond motifs is 2. The average Bonchev–Trinajstić information content (AvgIpc) is 3.07. The molecule has 4 aliphatic carbocycles. The minimum absolute atomic E-state index is 0.513. The lowest BCUT2D eigenvalue weighted by molar-refractivity contribution is 0.949. The van der Waals surface area contributed by atoms with Gasteiger partial charge in [0.05, 0.1) is 0 Å². The van der Waals surface area contributed by atoms with Crippen LogP contribution in [0.1, 0.15) is 6.92 Å². The molecule has 2 atom stereocenters. The molecule has 0 aromatic heterocycles. The molecule has 0 aliphatic heterocycles. The highest BCUT2D eigenvalue weighted by Crippen LogP contribution is 2.47. The standard InChI is InChI=1S/C21H22Si/c1-15-14-17-9-5-7-11-19(17)21(15)22(2,3)20-13-12-16-8-4-6-10-18(16)20/h4-14,18-19H,1-3H3. The molecule has 0 aromatic rings. The number of hydrogen-bond acceptors (Lipinski definition) is 0. The molecule has 22 heavy (non-hydrogen) atoms. The van der Waals surface area contributed by atoms with Gasteiger partial charge >= 0.3 is 0 Å². The van der Waals surface area contributed by atoms with Crippen LogP contribution < -0.4 is 0 Å². The van der Waals surface area contributed by atoms with Crippen molar-refractivity contribution in [2.24, 2.45) is 11.8 Å². The Morgan fingerprint density at radius 1 is 0.818 bits per heavy atom. The van der Waals surface area contributed by atoms with Crippen LogP contribution in [-0.4, -0.2) is 8.07 Å². The Kier molecular flexibility index (Phi) is 3.02. The van der Waals surface area contributed by atoms with Gasteiger partial charge in [-0.1, -0.05) is 95.9 Å². The van der Waals surface area contributed by atoms with Crippen LogP contribution in [0.2, 0.25) is 13.1 Å². The fraction of sp³-hybridized carbons (Fsp3) is 0.238. The maximum Gasteiger partial charge on any atom is 0.105 e. The lowest BCUT2D eigenvalue weighted by Crippen LogP contribution is -2.38. The molecule has 0 aromatic carbocycles. The van der Waals surface area contributed by atoms with Crippen molar-refractivity contribution in [3.8, 4) is 0 Å². The maximum absolute atomic E-state index is 2.53. The lowest BCUT2D eigenvalue weighted by atomic mass is 9.97. The number of hydrogen-bond donors (Lipinski definition) is 0. The van der Waals surface area contributed by atoms with E-state index in [1.54, 1.807) is 10.4 Å². The first-order valence-corrected chi connectivity index (χ1v) is 11.1. The maximum atomic E-state index is 2.53. The van der Waals surface area contributed by atoms with Crippen LogP contribution in [0, 0.1) is 11.8 Å². The summed E-state index contributed by atoms with van der Waals surface area (Å²) >= 11 is 0. The summed E-state index contributed by atoms with van der Waals surface area (Å²) in [7, 11) is -1.65. The van der Waals surface area contributed by atoms with Crippen LogP contribution in [0.4, 0.5) is 0 Å². The zero-order valence-electron chi connectivity index (χ0n) is 13.5. The minimum atomic E-state index is -1.65. The first-order valence-electron chi connectivity index (χ1n) is 8.14. The van der Waals surface area contributed by atoms with Gasteiger partial charge in [-0.15, -0.1) is 0 Å². The minimum Gasteiger partial charge on any atom is -0.0733 e. The highest BCUT2D eigenvalue weighted by molar-refractivity contribution is 6.91. The van der Waals surface area contributed by atoms with Gasteiger partial charge in [-0.3, -0.25) is 0 Å². The van der Waals surface area contributed by atoms with E-state index in [-0.39, 0.29) is 0 Å². The van der Waals surface area contributed by atoms with Crippen molar-refractivity contribution in [3.05, 3.63) is 93.9 Å². The molecule has 4 aliphatic rings. The van der Waals surface area contributed by atoms with Crippen molar-refractivity contribution in [2.45, 2.75) is 20.0 Å². The van der Waals surface area contributed by atoms with Gasteiger partial charge in [0.15, 0.2) is 0 Å². The summed E-state index contributed by atoms with van der Waals surface area (Å²) in [5, 5.41) is 3.36. The SMILES string of the molecule is CC1=C([Si](C)(C)C2=CC=C3C=CC=CC32)C2C=CC=CC2=C1. The Hall–Kier alpha value is -1.86. The molecular weight excluding hydrogens is 280 g/mol. The van der Waals surface area contributed by atoms with E-state index in [4.69, 9.17) is 0 Å². The quantitative estimate of drug-likeness (QED) is 0.601. The van der Waals surface area contributed by atoms with Crippen molar-refractivity contribution in [2.75, 3.05) is 0 Å². The van der Waals surface area contributed by atoms with Gasteiger partial charge in [0.2, 0.25) is 0 Å². The molecule has 4 rings (SSSR count). The van der Waals surface area contributed by atoms with Crippen LogP contribution in [0.25, 0.3) is 0 Å². The Balaban J connectivity index is 1.73. The van der Waals surface area contributed by atoms with E-state index >= 15 is 0 Å². The average molecular weight is 302 g/mol. The second kappa shape index (κ2) is 4.82. The van der Waals surface area contributed by atoms with Crippen LogP contribution in [0.15, 0.2) is 93.9 Å². The molecule has 110 valence electrons. The van der Waals surface area contributed by atoms with Crippen molar-refractivity contribution in [1.82, 2.24) is 0 Å². The molecule has 0 radical (unpaired) electrons. The van der Waals surface area contributed by atoms with Crippen molar-refractivity contribution in [3.63, 3.8) is 0 Å². The van der Waals surface area contributed by atoms with Gasteiger partial charge in [-0.05, 0) is 18.1 Å². The molecule has 0 heterocycles. The van der Waals surface area contributed by atoms with Gasteiger partial charge in [0.25, 0.3) is 0 Å². The number of allylic oxidation sites excluding steroid dienone is 16. The Bertz CT molecular complexity index is 773. The first kappa shape index (κ1) is 13.8. The van der Waals surface area contributed by atoms with Gasteiger partial charge < -0.3 is 0 Å². The van der Waals surface area contributed by atoms with E-state index in [9.17, 15) is 0 Å². The molecule has 2 unspecified atom stereocenters. The molecule has 0 fully saturated rings. The summed E-state index contributed by atoms with van der Waals surface area (Å²) in [5.41, 5.74) is 4.43. The van der Waals surface area contributed by atoms with Crippen LogP contribution in [-0.2, 0) is 0 Å². The van der Waals surface area contributed by atoms with Crippen LogP contribution in [0.5, 0.6) is 0 Å². The highest BCUT2D eigenvalue weighted by atomic mass is 28.3. The molecule has 0 amide bonds. The molecule has 0 nitrogen and oxygen atoms in total. The fourth-order valence-corrected chi connectivity index (χ4v) is 8.40. The molecule has 0 N–H and O–H groups in total. The molecule has 1 heteroatoms. The van der Waals surface area contributed by atoms with E-state index in [0.29, 0.717) is 11.8 Å². The van der Waals surface area contributed by atoms with E-state index in [1.165, 1.54) is 16.7 Å². The predicted octanol–water partition coefficient (Wildman–Crippen LogP) is 5.38. The lowest BCUT2D eigenvalue weighted by Gasteiger charge is -2.35. The molecule has 0 saturated heterocycles. The third kappa shape index (κ3) is 1.89. The fourth-order valence-electron chi connectivity index (χ4n) is 4.45. The van der Waals surface area contributed by atoms with Crippen LogP contribution >= 0.6 is 0 Å². The second-order valence-corrected chi connectivity index (χ2v) is 11.5. The summed E-state index contributed by atoms with van der Waals surface area (Å²) in [6, 6.07) is 0. The van der Waals surface area contributed by atoms with Gasteiger partial charge in [0.1, 0.15) is 8.07 Å². The van der Waals surface area contributed by atoms with E-state index in [0.717, 1.165) is 0 Å². The van der Waals surface area contributed by atoms with E-state index in [2.05, 4.69) is 86.9 Å². The topological polar surface area (TPSA) is 0 Å². The van der Waals surface area contributed by atoms with Gasteiger partial charge in [-0.25, -0.2) is 0 Å². The third-order valence-corrected chi connectivity index (χ3v) is 9.40. The first-order chi connectivity index (χ1) is 10.6. The zero-order chi connectivity index (χ0) is 15.3.